The fourth-order valence-corrected chi connectivity index (χ4v) is 3.51. The maximum Gasteiger partial charge on any atom is 0.140 e. The first-order valence-corrected chi connectivity index (χ1v) is 11.6. The number of aromatic hydroxyl groups is 1. The third kappa shape index (κ3) is 8.62. The second kappa shape index (κ2) is 13.6. The van der Waals surface area contributed by atoms with Crippen LogP contribution in [-0.2, 0) is 0 Å². The molecule has 1 aromatic carbocycles. The summed E-state index contributed by atoms with van der Waals surface area (Å²) >= 11 is 0. The van der Waals surface area contributed by atoms with Gasteiger partial charge in [-0.1, -0.05) is 59.3 Å². The van der Waals surface area contributed by atoms with Crippen molar-refractivity contribution in [2.75, 3.05) is 16.0 Å². The third-order valence-electron chi connectivity index (χ3n) is 5.34. The summed E-state index contributed by atoms with van der Waals surface area (Å²) in [6.07, 6.45) is 10.6. The fraction of sp³-hybridized carbons (Fsp3) is 0.750. The van der Waals surface area contributed by atoms with Gasteiger partial charge >= 0.3 is 0 Å². The van der Waals surface area contributed by atoms with E-state index in [1.807, 2.05) is 12.1 Å². The molecule has 0 aliphatic rings. The normalized spacial score (nSPS) is 14.4. The molecular formula is C24H45N3O. The van der Waals surface area contributed by atoms with Crippen LogP contribution in [0, 0.1) is 0 Å². The highest BCUT2D eigenvalue weighted by molar-refractivity contribution is 5.87. The molecule has 0 aliphatic heterocycles. The smallest absolute Gasteiger partial charge is 0.140 e. The summed E-state index contributed by atoms with van der Waals surface area (Å²) in [6, 6.07) is 4.91. The molecule has 4 nitrogen and oxygen atoms in total. The Labute approximate surface area is 173 Å². The van der Waals surface area contributed by atoms with Crippen LogP contribution in [0.4, 0.5) is 17.1 Å². The minimum Gasteiger partial charge on any atom is -0.506 e. The van der Waals surface area contributed by atoms with Crippen molar-refractivity contribution >= 4 is 17.1 Å². The SMILES string of the molecule is CCCCC(C)Nc1ccc(O)c(NC(C)CCCC)c1NC(C)CCCC. The number of benzene rings is 1. The van der Waals surface area contributed by atoms with Gasteiger partial charge in [0.15, 0.2) is 0 Å². The number of unbranched alkanes of at least 4 members (excludes halogenated alkanes) is 3. The average Bonchev–Trinajstić information content (AvgIpc) is 2.67. The first kappa shape index (κ1) is 24.5. The topological polar surface area (TPSA) is 56.3 Å². The van der Waals surface area contributed by atoms with Gasteiger partial charge in [0.25, 0.3) is 0 Å². The lowest BCUT2D eigenvalue weighted by Gasteiger charge is -2.26. The van der Waals surface area contributed by atoms with Crippen molar-refractivity contribution in [3.63, 3.8) is 0 Å². The Morgan fingerprint density at radius 1 is 0.679 bits per heavy atom. The molecule has 3 unspecified atom stereocenters. The molecule has 0 heterocycles. The van der Waals surface area contributed by atoms with Crippen LogP contribution >= 0.6 is 0 Å². The van der Waals surface area contributed by atoms with E-state index in [4.69, 9.17) is 0 Å². The van der Waals surface area contributed by atoms with E-state index >= 15 is 0 Å². The lowest BCUT2D eigenvalue weighted by Crippen LogP contribution is -2.22. The summed E-state index contributed by atoms with van der Waals surface area (Å²) < 4.78 is 0. The number of rotatable bonds is 15. The maximum atomic E-state index is 10.6. The van der Waals surface area contributed by atoms with Crippen molar-refractivity contribution in [3.05, 3.63) is 12.1 Å². The quantitative estimate of drug-likeness (QED) is 0.186. The molecule has 0 spiro atoms. The van der Waals surface area contributed by atoms with Crippen LogP contribution in [-0.4, -0.2) is 23.2 Å². The van der Waals surface area contributed by atoms with Crippen LogP contribution in [0.5, 0.6) is 5.75 Å². The molecule has 3 atom stereocenters. The second-order valence-electron chi connectivity index (χ2n) is 8.45. The molecular weight excluding hydrogens is 346 g/mol. The Balaban J connectivity index is 3.09. The zero-order chi connectivity index (χ0) is 20.9. The molecule has 0 radical (unpaired) electrons. The van der Waals surface area contributed by atoms with Crippen molar-refractivity contribution in [1.29, 1.82) is 0 Å². The van der Waals surface area contributed by atoms with Gasteiger partial charge in [-0.2, -0.15) is 0 Å². The molecule has 0 aliphatic carbocycles. The van der Waals surface area contributed by atoms with Gasteiger partial charge in [0.2, 0.25) is 0 Å². The highest BCUT2D eigenvalue weighted by atomic mass is 16.3. The second-order valence-corrected chi connectivity index (χ2v) is 8.45. The first-order chi connectivity index (χ1) is 13.4. The number of phenolic OH excluding ortho intramolecular Hbond substituents is 1. The van der Waals surface area contributed by atoms with E-state index < -0.39 is 0 Å². The molecule has 1 rings (SSSR count). The van der Waals surface area contributed by atoms with Gasteiger partial charge in [0.05, 0.1) is 11.4 Å². The molecule has 0 amide bonds. The number of phenols is 1. The first-order valence-electron chi connectivity index (χ1n) is 11.6. The van der Waals surface area contributed by atoms with E-state index in [0.717, 1.165) is 36.3 Å². The minimum atomic E-state index is 0.320. The Morgan fingerprint density at radius 3 is 1.57 bits per heavy atom. The van der Waals surface area contributed by atoms with E-state index in [0.29, 0.717) is 23.9 Å². The molecule has 0 bridgehead atoms. The fourth-order valence-electron chi connectivity index (χ4n) is 3.51. The zero-order valence-electron chi connectivity index (χ0n) is 19.2. The van der Waals surface area contributed by atoms with Crippen LogP contribution in [0.15, 0.2) is 12.1 Å². The van der Waals surface area contributed by atoms with Crippen molar-refractivity contribution in [1.82, 2.24) is 0 Å². The van der Waals surface area contributed by atoms with Gasteiger partial charge in [-0.25, -0.2) is 0 Å². The van der Waals surface area contributed by atoms with Crippen molar-refractivity contribution in [2.45, 2.75) is 117 Å². The standard InChI is InChI=1S/C24H45N3O/c1-7-10-13-18(4)25-21-16-17-22(28)24(27-20(6)15-12-9-3)23(21)26-19(5)14-11-8-2/h16-20,25-28H,7-15H2,1-6H3. The monoisotopic (exact) mass is 391 g/mol. The number of hydrogen-bond donors (Lipinski definition) is 4. The summed E-state index contributed by atoms with van der Waals surface area (Å²) in [5, 5.41) is 21.6. The van der Waals surface area contributed by atoms with Gasteiger partial charge in [-0.05, 0) is 52.2 Å². The molecule has 1 aromatic rings. The van der Waals surface area contributed by atoms with Crippen molar-refractivity contribution in [3.8, 4) is 5.75 Å². The molecule has 162 valence electrons. The Bertz CT molecular complexity index is 547. The Morgan fingerprint density at radius 2 is 1.11 bits per heavy atom. The lowest BCUT2D eigenvalue weighted by atomic mass is 10.1. The maximum absolute atomic E-state index is 10.6. The summed E-state index contributed by atoms with van der Waals surface area (Å²) in [6.45, 7) is 13.3. The number of nitrogens with one attached hydrogen (secondary N) is 3. The number of hydrogen-bond acceptors (Lipinski definition) is 4. The van der Waals surface area contributed by atoms with E-state index in [2.05, 4.69) is 57.5 Å². The molecule has 0 saturated carbocycles. The molecule has 0 fully saturated rings. The summed E-state index contributed by atoms with van der Waals surface area (Å²) in [5.74, 6) is 0.320. The van der Waals surface area contributed by atoms with Crippen LogP contribution in [0.2, 0.25) is 0 Å². The summed E-state index contributed by atoms with van der Waals surface area (Å²) in [4.78, 5) is 0. The molecule has 28 heavy (non-hydrogen) atoms. The largest absolute Gasteiger partial charge is 0.506 e. The third-order valence-corrected chi connectivity index (χ3v) is 5.34. The lowest BCUT2D eigenvalue weighted by molar-refractivity contribution is 0.476. The molecule has 4 N–H and O–H groups in total. The van der Waals surface area contributed by atoms with Gasteiger partial charge < -0.3 is 21.1 Å². The van der Waals surface area contributed by atoms with Crippen molar-refractivity contribution < 1.29 is 5.11 Å². The van der Waals surface area contributed by atoms with Gasteiger partial charge in [-0.3, -0.25) is 0 Å². The highest BCUT2D eigenvalue weighted by Gasteiger charge is 2.18. The Kier molecular flexibility index (Phi) is 11.9. The van der Waals surface area contributed by atoms with Gasteiger partial charge in [-0.15, -0.1) is 0 Å². The van der Waals surface area contributed by atoms with E-state index in [1.54, 1.807) is 0 Å². The molecule has 0 aromatic heterocycles. The highest BCUT2D eigenvalue weighted by Crippen LogP contribution is 2.40. The van der Waals surface area contributed by atoms with Crippen molar-refractivity contribution in [2.24, 2.45) is 0 Å². The van der Waals surface area contributed by atoms with Crippen LogP contribution < -0.4 is 16.0 Å². The zero-order valence-corrected chi connectivity index (χ0v) is 19.2. The minimum absolute atomic E-state index is 0.320. The molecule has 0 saturated heterocycles. The van der Waals surface area contributed by atoms with Gasteiger partial charge in [0.1, 0.15) is 11.4 Å². The van der Waals surface area contributed by atoms with Crippen LogP contribution in [0.25, 0.3) is 0 Å². The van der Waals surface area contributed by atoms with E-state index in [9.17, 15) is 5.11 Å². The average molecular weight is 392 g/mol. The number of anilines is 3. The predicted molar refractivity (Wildman–Crippen MR) is 126 cm³/mol. The summed E-state index contributed by atoms with van der Waals surface area (Å²) in [5.41, 5.74) is 2.92. The molecule has 4 heteroatoms. The van der Waals surface area contributed by atoms with E-state index in [1.165, 1.54) is 38.5 Å². The summed E-state index contributed by atoms with van der Waals surface area (Å²) in [7, 11) is 0. The van der Waals surface area contributed by atoms with Gasteiger partial charge in [0, 0.05) is 18.1 Å². The van der Waals surface area contributed by atoms with E-state index in [-0.39, 0.29) is 0 Å². The van der Waals surface area contributed by atoms with Crippen LogP contribution in [0.1, 0.15) is 99.3 Å². The predicted octanol–water partition coefficient (Wildman–Crippen LogP) is 7.36. The Hall–Kier alpha value is -1.58. The van der Waals surface area contributed by atoms with Crippen LogP contribution in [0.3, 0.4) is 0 Å².